The number of nitrogens with zero attached hydrogens (tertiary/aromatic N) is 1. The van der Waals surface area contributed by atoms with Gasteiger partial charge in [-0.2, -0.15) is 0 Å². The van der Waals surface area contributed by atoms with Crippen molar-refractivity contribution in [3.63, 3.8) is 0 Å². The number of aliphatic hydroxyl groups is 6. The molecule has 7 atom stereocenters. The molecule has 0 aliphatic carbocycles. The van der Waals surface area contributed by atoms with Gasteiger partial charge in [0.05, 0.1) is 25.4 Å². The summed E-state index contributed by atoms with van der Waals surface area (Å²) in [5, 5.41) is 59.8. The summed E-state index contributed by atoms with van der Waals surface area (Å²) in [4.78, 5) is 13.8. The number of hydrogen-bond donors (Lipinski definition) is 6. The third-order valence-corrected chi connectivity index (χ3v) is 8.23. The Morgan fingerprint density at radius 3 is 1.71 bits per heavy atom. The Balaban J connectivity index is 2.13. The van der Waals surface area contributed by atoms with Crippen molar-refractivity contribution in [2.75, 3.05) is 32.9 Å². The topological polar surface area (TPSA) is 160 Å². The highest BCUT2D eigenvalue weighted by Crippen LogP contribution is 2.23. The largest absolute Gasteiger partial charge is 0.394 e. The van der Waals surface area contributed by atoms with Gasteiger partial charge in [0, 0.05) is 19.7 Å². The van der Waals surface area contributed by atoms with E-state index in [-0.39, 0.29) is 26.1 Å². The molecule has 1 rings (SSSR count). The van der Waals surface area contributed by atoms with E-state index in [0.29, 0.717) is 6.61 Å². The third kappa shape index (κ3) is 16.9. The number of hydrogen-bond acceptors (Lipinski definition) is 9. The van der Waals surface area contributed by atoms with Crippen molar-refractivity contribution in [3.05, 3.63) is 0 Å². The summed E-state index contributed by atoms with van der Waals surface area (Å²) in [5.41, 5.74) is 0. The van der Waals surface area contributed by atoms with E-state index in [0.717, 1.165) is 12.8 Å². The Labute approximate surface area is 254 Å². The SMILES string of the molecule is CCCCCCCCCCCCCCCCCCOCC(O)CN(CCC1O[C@H](CO)[C@@H](O)[C@H](O)[C@H]1O)C(=O)C(C)O. The van der Waals surface area contributed by atoms with E-state index < -0.39 is 55.2 Å². The molecule has 6 N–H and O–H groups in total. The number of ether oxygens (including phenoxy) is 2. The maximum atomic E-state index is 12.5. The molecule has 10 nitrogen and oxygen atoms in total. The number of aliphatic hydroxyl groups excluding tert-OH is 6. The van der Waals surface area contributed by atoms with Crippen LogP contribution in [0, 0.1) is 0 Å². The molecule has 0 bridgehead atoms. The van der Waals surface area contributed by atoms with E-state index in [1.807, 2.05) is 0 Å². The molecule has 1 saturated heterocycles. The van der Waals surface area contributed by atoms with Gasteiger partial charge < -0.3 is 45.0 Å². The Hall–Kier alpha value is -0.850. The number of rotatable bonds is 26. The van der Waals surface area contributed by atoms with Crippen LogP contribution >= 0.6 is 0 Å². The van der Waals surface area contributed by atoms with Gasteiger partial charge in [0.1, 0.15) is 30.5 Å². The van der Waals surface area contributed by atoms with Crippen LogP contribution in [-0.2, 0) is 14.3 Å². The molecule has 0 aromatic carbocycles. The highest BCUT2D eigenvalue weighted by molar-refractivity contribution is 5.80. The van der Waals surface area contributed by atoms with Crippen LogP contribution < -0.4 is 0 Å². The van der Waals surface area contributed by atoms with E-state index in [9.17, 15) is 35.4 Å². The second kappa shape index (κ2) is 24.5. The zero-order valence-electron chi connectivity index (χ0n) is 26.5. The van der Waals surface area contributed by atoms with Crippen LogP contribution in [0.2, 0.25) is 0 Å². The van der Waals surface area contributed by atoms with E-state index >= 15 is 0 Å². The van der Waals surface area contributed by atoms with Crippen molar-refractivity contribution in [2.24, 2.45) is 0 Å². The molecule has 10 heteroatoms. The average molecular weight is 606 g/mol. The third-order valence-electron chi connectivity index (χ3n) is 8.23. The van der Waals surface area contributed by atoms with Crippen molar-refractivity contribution in [3.8, 4) is 0 Å². The Morgan fingerprint density at radius 1 is 0.762 bits per heavy atom. The molecule has 250 valence electrons. The molecule has 0 radical (unpaired) electrons. The lowest BCUT2D eigenvalue weighted by atomic mass is 9.93. The first-order valence-electron chi connectivity index (χ1n) is 16.8. The van der Waals surface area contributed by atoms with E-state index in [1.165, 1.54) is 102 Å². The second-order valence-corrected chi connectivity index (χ2v) is 12.1. The van der Waals surface area contributed by atoms with Gasteiger partial charge in [-0.3, -0.25) is 4.79 Å². The number of carbonyl (C=O) groups is 1. The predicted octanol–water partition coefficient (Wildman–Crippen LogP) is 3.07. The van der Waals surface area contributed by atoms with Crippen LogP contribution in [0.3, 0.4) is 0 Å². The van der Waals surface area contributed by atoms with Crippen LogP contribution in [0.1, 0.15) is 123 Å². The molecule has 1 aliphatic heterocycles. The fourth-order valence-electron chi connectivity index (χ4n) is 5.53. The summed E-state index contributed by atoms with van der Waals surface area (Å²) in [5.74, 6) is -0.587. The fraction of sp³-hybridized carbons (Fsp3) is 0.969. The minimum Gasteiger partial charge on any atom is -0.394 e. The van der Waals surface area contributed by atoms with Crippen LogP contribution in [0.4, 0.5) is 0 Å². The lowest BCUT2D eigenvalue weighted by Crippen LogP contribution is -2.59. The summed E-state index contributed by atoms with van der Waals surface area (Å²) in [6.07, 6.45) is 12.3. The minimum atomic E-state index is -1.50. The van der Waals surface area contributed by atoms with E-state index in [1.54, 1.807) is 0 Å². The number of carbonyl (C=O) groups excluding carboxylic acids is 1. The molecule has 0 aromatic rings. The first kappa shape index (κ1) is 39.2. The summed E-state index contributed by atoms with van der Waals surface area (Å²) in [6, 6.07) is 0. The predicted molar refractivity (Wildman–Crippen MR) is 163 cm³/mol. The summed E-state index contributed by atoms with van der Waals surface area (Å²) < 4.78 is 11.1. The monoisotopic (exact) mass is 605 g/mol. The first-order chi connectivity index (χ1) is 20.2. The average Bonchev–Trinajstić information content (AvgIpc) is 2.97. The summed E-state index contributed by atoms with van der Waals surface area (Å²) >= 11 is 0. The maximum absolute atomic E-state index is 12.5. The molecule has 0 saturated carbocycles. The Bertz CT molecular complexity index is 651. The quantitative estimate of drug-likeness (QED) is 0.0815. The van der Waals surface area contributed by atoms with Gasteiger partial charge in [-0.05, 0) is 19.8 Å². The van der Waals surface area contributed by atoms with E-state index in [4.69, 9.17) is 9.47 Å². The van der Waals surface area contributed by atoms with Crippen LogP contribution in [0.25, 0.3) is 0 Å². The smallest absolute Gasteiger partial charge is 0.251 e. The van der Waals surface area contributed by atoms with Crippen molar-refractivity contribution in [1.29, 1.82) is 0 Å². The highest BCUT2D eigenvalue weighted by Gasteiger charge is 2.43. The minimum absolute atomic E-state index is 0.0304. The van der Waals surface area contributed by atoms with Gasteiger partial charge in [0.2, 0.25) is 0 Å². The Kier molecular flexibility index (Phi) is 22.8. The zero-order valence-corrected chi connectivity index (χ0v) is 26.5. The molecular formula is C32H63NO9. The van der Waals surface area contributed by atoms with Gasteiger partial charge in [0.25, 0.3) is 5.91 Å². The summed E-state index contributed by atoms with van der Waals surface area (Å²) in [7, 11) is 0. The molecule has 42 heavy (non-hydrogen) atoms. The molecule has 0 spiro atoms. The van der Waals surface area contributed by atoms with Gasteiger partial charge in [-0.15, -0.1) is 0 Å². The van der Waals surface area contributed by atoms with Crippen LogP contribution in [-0.4, -0.2) is 117 Å². The molecule has 0 aromatic heterocycles. The van der Waals surface area contributed by atoms with Crippen molar-refractivity contribution >= 4 is 5.91 Å². The van der Waals surface area contributed by atoms with Gasteiger partial charge in [-0.1, -0.05) is 103 Å². The lowest BCUT2D eigenvalue weighted by Gasteiger charge is -2.40. The van der Waals surface area contributed by atoms with Crippen LogP contribution in [0.15, 0.2) is 0 Å². The molecule has 1 amide bonds. The normalized spacial score (nSPS) is 24.0. The van der Waals surface area contributed by atoms with Gasteiger partial charge >= 0.3 is 0 Å². The van der Waals surface area contributed by atoms with Crippen molar-refractivity contribution < 1.29 is 44.9 Å². The molecule has 3 unspecified atom stereocenters. The van der Waals surface area contributed by atoms with E-state index in [2.05, 4.69) is 6.92 Å². The fourth-order valence-corrected chi connectivity index (χ4v) is 5.53. The Morgan fingerprint density at radius 2 is 1.24 bits per heavy atom. The first-order valence-corrected chi connectivity index (χ1v) is 16.8. The van der Waals surface area contributed by atoms with Crippen molar-refractivity contribution in [2.45, 2.75) is 166 Å². The molecule has 1 fully saturated rings. The number of amides is 1. The molecule has 1 heterocycles. The van der Waals surface area contributed by atoms with Gasteiger partial charge in [-0.25, -0.2) is 0 Å². The number of unbranched alkanes of at least 4 members (excludes halogenated alkanes) is 15. The second-order valence-electron chi connectivity index (χ2n) is 12.1. The lowest BCUT2D eigenvalue weighted by molar-refractivity contribution is -0.231. The maximum Gasteiger partial charge on any atom is 0.251 e. The molecule has 1 aliphatic rings. The van der Waals surface area contributed by atoms with Crippen LogP contribution in [0.5, 0.6) is 0 Å². The van der Waals surface area contributed by atoms with Gasteiger partial charge in [0.15, 0.2) is 0 Å². The molecular weight excluding hydrogens is 542 g/mol. The standard InChI is InChI=1S/C32H63NO9/c1-3-4-5-6-7-8-9-10-11-12-13-14-15-16-17-18-21-41-24-26(36)22-33(32(40)25(2)35)20-19-27-29(37)31(39)30(38)28(23-34)42-27/h25-31,34-39H,3-24H2,1-2H3/t25?,26?,27?,28-,29+,30-,31-/m1/s1. The zero-order chi connectivity index (χ0) is 31.2. The summed E-state index contributed by atoms with van der Waals surface area (Å²) in [6.45, 7) is 3.61. The highest BCUT2D eigenvalue weighted by atomic mass is 16.5. The van der Waals surface area contributed by atoms with Crippen molar-refractivity contribution in [1.82, 2.24) is 4.90 Å².